The number of carbonyl (C=O) groups excluding carboxylic acids is 1. The molecule has 1 heterocycles. The molecule has 2 aromatic rings. The third-order valence-corrected chi connectivity index (χ3v) is 4.75. The third-order valence-electron chi connectivity index (χ3n) is 4.75. The van der Waals surface area contributed by atoms with Crippen LogP contribution < -0.4 is 0 Å². The van der Waals surface area contributed by atoms with E-state index in [1.165, 1.54) is 0 Å². The van der Waals surface area contributed by atoms with Gasteiger partial charge in [-0.3, -0.25) is 0 Å². The van der Waals surface area contributed by atoms with Crippen LogP contribution in [0.3, 0.4) is 0 Å². The van der Waals surface area contributed by atoms with Crippen LogP contribution in [0.15, 0.2) is 60.7 Å². The van der Waals surface area contributed by atoms with Crippen molar-refractivity contribution >= 4 is 6.09 Å². The Kier molecular flexibility index (Phi) is 6.07. The number of hydrogen-bond donors (Lipinski definition) is 1. The van der Waals surface area contributed by atoms with Crippen LogP contribution in [0.4, 0.5) is 4.79 Å². The number of carbonyl (C=O) groups is 1. The van der Waals surface area contributed by atoms with Crippen LogP contribution in [0, 0.1) is 0 Å². The molecule has 0 aromatic heterocycles. The molecule has 0 aliphatic carbocycles. The second-order valence-corrected chi connectivity index (χ2v) is 6.55. The predicted molar refractivity (Wildman–Crippen MR) is 97.0 cm³/mol. The van der Waals surface area contributed by atoms with Gasteiger partial charge >= 0.3 is 6.09 Å². The van der Waals surface area contributed by atoms with Crippen molar-refractivity contribution in [2.75, 3.05) is 6.54 Å². The van der Waals surface area contributed by atoms with Crippen molar-refractivity contribution in [1.29, 1.82) is 0 Å². The van der Waals surface area contributed by atoms with E-state index >= 15 is 0 Å². The standard InChI is InChI=1S/C21H25NO3/c23-20(18-11-5-2-6-12-18)15-19-13-7-8-14-22(19)21(24)25-16-17-9-3-1-4-10-17/h1-6,9-12,19-20,23H,7-8,13-16H2/t19-,20-/m0/s1. The van der Waals surface area contributed by atoms with Gasteiger partial charge in [0.25, 0.3) is 0 Å². The summed E-state index contributed by atoms with van der Waals surface area (Å²) >= 11 is 0. The smallest absolute Gasteiger partial charge is 0.410 e. The van der Waals surface area contributed by atoms with Gasteiger partial charge in [0, 0.05) is 12.6 Å². The molecule has 25 heavy (non-hydrogen) atoms. The number of aliphatic hydroxyl groups excluding tert-OH is 1. The minimum atomic E-state index is -0.561. The topological polar surface area (TPSA) is 49.8 Å². The first-order valence-corrected chi connectivity index (χ1v) is 8.94. The molecule has 0 bridgehead atoms. The van der Waals surface area contributed by atoms with Crippen LogP contribution in [-0.2, 0) is 11.3 Å². The summed E-state index contributed by atoms with van der Waals surface area (Å²) in [6.45, 7) is 0.976. The maximum absolute atomic E-state index is 12.5. The minimum absolute atomic E-state index is 0.0206. The summed E-state index contributed by atoms with van der Waals surface area (Å²) in [5.41, 5.74) is 1.87. The maximum Gasteiger partial charge on any atom is 0.410 e. The lowest BCUT2D eigenvalue weighted by atomic mass is 9.94. The molecule has 2 atom stereocenters. The fourth-order valence-corrected chi connectivity index (χ4v) is 3.36. The monoisotopic (exact) mass is 339 g/mol. The van der Waals surface area contributed by atoms with E-state index < -0.39 is 6.10 Å². The molecule has 132 valence electrons. The Morgan fingerprint density at radius 2 is 1.76 bits per heavy atom. The molecule has 4 heteroatoms. The molecule has 0 radical (unpaired) electrons. The first-order chi connectivity index (χ1) is 12.2. The summed E-state index contributed by atoms with van der Waals surface area (Å²) in [7, 11) is 0. The second kappa shape index (κ2) is 8.67. The summed E-state index contributed by atoms with van der Waals surface area (Å²) in [5.74, 6) is 0. The summed E-state index contributed by atoms with van der Waals surface area (Å²) in [6.07, 6.45) is 2.67. The van der Waals surface area contributed by atoms with Gasteiger partial charge in [-0.25, -0.2) is 4.79 Å². The number of aliphatic hydroxyl groups is 1. The predicted octanol–water partition coefficient (Wildman–Crippen LogP) is 4.30. The van der Waals surface area contributed by atoms with Crippen LogP contribution in [0.1, 0.15) is 42.9 Å². The molecule has 1 N–H and O–H groups in total. The molecular formula is C21H25NO3. The molecule has 2 aromatic carbocycles. The zero-order valence-electron chi connectivity index (χ0n) is 14.4. The van der Waals surface area contributed by atoms with Crippen molar-refractivity contribution in [2.24, 2.45) is 0 Å². The van der Waals surface area contributed by atoms with Gasteiger partial charge in [-0.2, -0.15) is 0 Å². The second-order valence-electron chi connectivity index (χ2n) is 6.55. The number of rotatable bonds is 5. The average molecular weight is 339 g/mol. The van der Waals surface area contributed by atoms with Gasteiger partial charge in [-0.1, -0.05) is 60.7 Å². The van der Waals surface area contributed by atoms with E-state index in [0.29, 0.717) is 13.0 Å². The van der Waals surface area contributed by atoms with Gasteiger partial charge in [0.1, 0.15) is 6.61 Å². The van der Waals surface area contributed by atoms with E-state index in [0.717, 1.165) is 30.4 Å². The Morgan fingerprint density at radius 3 is 2.48 bits per heavy atom. The Labute approximate surface area is 149 Å². The van der Waals surface area contributed by atoms with Crippen LogP contribution >= 0.6 is 0 Å². The molecular weight excluding hydrogens is 314 g/mol. The normalized spacial score (nSPS) is 18.6. The largest absolute Gasteiger partial charge is 0.445 e. The molecule has 0 saturated carbocycles. The summed E-state index contributed by atoms with van der Waals surface area (Å²) in [4.78, 5) is 14.3. The van der Waals surface area contributed by atoms with E-state index in [9.17, 15) is 9.90 Å². The number of likely N-dealkylation sites (tertiary alicyclic amines) is 1. The fourth-order valence-electron chi connectivity index (χ4n) is 3.36. The van der Waals surface area contributed by atoms with Gasteiger partial charge in [0.05, 0.1) is 6.10 Å². The lowest BCUT2D eigenvalue weighted by Crippen LogP contribution is -2.44. The fraction of sp³-hybridized carbons (Fsp3) is 0.381. The molecule has 1 amide bonds. The highest BCUT2D eigenvalue weighted by Gasteiger charge is 2.29. The quantitative estimate of drug-likeness (QED) is 0.883. The van der Waals surface area contributed by atoms with Gasteiger partial charge in [-0.15, -0.1) is 0 Å². The van der Waals surface area contributed by atoms with Crippen molar-refractivity contribution in [3.63, 3.8) is 0 Å². The van der Waals surface area contributed by atoms with Crippen LogP contribution in [-0.4, -0.2) is 28.7 Å². The molecule has 3 rings (SSSR count). The van der Waals surface area contributed by atoms with Crippen LogP contribution in [0.25, 0.3) is 0 Å². The minimum Gasteiger partial charge on any atom is -0.445 e. The average Bonchev–Trinajstić information content (AvgIpc) is 2.68. The zero-order chi connectivity index (χ0) is 17.5. The van der Waals surface area contributed by atoms with Gasteiger partial charge < -0.3 is 14.7 Å². The molecule has 1 fully saturated rings. The number of ether oxygens (including phenoxy) is 1. The van der Waals surface area contributed by atoms with Gasteiger partial charge in [0.15, 0.2) is 0 Å². The lowest BCUT2D eigenvalue weighted by molar-refractivity contribution is 0.0481. The number of benzene rings is 2. The Balaban J connectivity index is 1.59. The van der Waals surface area contributed by atoms with Crippen LogP contribution in [0.5, 0.6) is 0 Å². The highest BCUT2D eigenvalue weighted by Crippen LogP contribution is 2.27. The van der Waals surface area contributed by atoms with E-state index in [2.05, 4.69) is 0 Å². The van der Waals surface area contributed by atoms with Crippen molar-refractivity contribution in [2.45, 2.75) is 44.4 Å². The summed E-state index contributed by atoms with van der Waals surface area (Å²) < 4.78 is 5.49. The number of piperidine rings is 1. The molecule has 4 nitrogen and oxygen atoms in total. The highest BCUT2D eigenvalue weighted by atomic mass is 16.6. The van der Waals surface area contributed by atoms with Crippen molar-refractivity contribution in [1.82, 2.24) is 4.90 Å². The molecule has 0 unspecified atom stereocenters. The first-order valence-electron chi connectivity index (χ1n) is 8.94. The maximum atomic E-state index is 12.5. The molecule has 0 spiro atoms. The third kappa shape index (κ3) is 4.83. The SMILES string of the molecule is O=C(OCc1ccccc1)N1CCCC[C@H]1C[C@H](O)c1ccccc1. The Morgan fingerprint density at radius 1 is 1.08 bits per heavy atom. The van der Waals surface area contributed by atoms with E-state index in [1.54, 1.807) is 4.90 Å². The zero-order valence-corrected chi connectivity index (χ0v) is 14.4. The van der Waals surface area contributed by atoms with Crippen molar-refractivity contribution < 1.29 is 14.6 Å². The van der Waals surface area contributed by atoms with Crippen molar-refractivity contribution in [3.8, 4) is 0 Å². The Bertz CT molecular complexity index is 659. The molecule has 1 aliphatic heterocycles. The number of hydrogen-bond acceptors (Lipinski definition) is 3. The van der Waals surface area contributed by atoms with Gasteiger partial charge in [0.2, 0.25) is 0 Å². The lowest BCUT2D eigenvalue weighted by Gasteiger charge is -2.36. The van der Waals surface area contributed by atoms with E-state index in [-0.39, 0.29) is 18.7 Å². The van der Waals surface area contributed by atoms with Gasteiger partial charge in [-0.05, 0) is 36.8 Å². The number of nitrogens with zero attached hydrogens (tertiary/aromatic N) is 1. The number of amides is 1. The summed E-state index contributed by atoms with van der Waals surface area (Å²) in [6, 6.07) is 19.3. The first kappa shape index (κ1) is 17.5. The summed E-state index contributed by atoms with van der Waals surface area (Å²) in [5, 5.41) is 10.5. The molecule has 1 saturated heterocycles. The van der Waals surface area contributed by atoms with E-state index in [4.69, 9.17) is 4.74 Å². The van der Waals surface area contributed by atoms with Crippen LogP contribution in [0.2, 0.25) is 0 Å². The highest BCUT2D eigenvalue weighted by molar-refractivity contribution is 5.68. The van der Waals surface area contributed by atoms with E-state index in [1.807, 2.05) is 60.7 Å². The molecule has 1 aliphatic rings. The Hall–Kier alpha value is -2.33. The van der Waals surface area contributed by atoms with Crippen molar-refractivity contribution in [3.05, 3.63) is 71.8 Å².